The van der Waals surface area contributed by atoms with Gasteiger partial charge in [-0.05, 0) is 17.7 Å². The minimum absolute atomic E-state index is 0.0183. The lowest BCUT2D eigenvalue weighted by Crippen LogP contribution is -2.41. The van der Waals surface area contributed by atoms with Crippen molar-refractivity contribution in [3.8, 4) is 0 Å². The molecule has 0 saturated carbocycles. The number of aromatic nitrogens is 3. The maximum absolute atomic E-state index is 12.9. The molecule has 7 nitrogen and oxygen atoms in total. The number of carbonyl (C=O) groups is 2. The van der Waals surface area contributed by atoms with Crippen molar-refractivity contribution in [3.63, 3.8) is 0 Å². The molecule has 1 aliphatic rings. The van der Waals surface area contributed by atoms with E-state index in [9.17, 15) is 9.59 Å². The van der Waals surface area contributed by atoms with Crippen molar-refractivity contribution in [2.75, 3.05) is 19.0 Å². The SMILES string of the molecule is O=C(CCl)N[C@@H]1CN(C(=O)Cn2nnc3ccccc32)C[C@H]1c1ccccc1. The van der Waals surface area contributed by atoms with E-state index in [1.807, 2.05) is 54.6 Å². The molecule has 1 aliphatic heterocycles. The van der Waals surface area contributed by atoms with Crippen molar-refractivity contribution in [2.24, 2.45) is 0 Å². The fourth-order valence-electron chi connectivity index (χ4n) is 3.70. The molecule has 0 radical (unpaired) electrons. The van der Waals surface area contributed by atoms with E-state index in [0.29, 0.717) is 13.1 Å². The Kier molecular flexibility index (Phi) is 5.25. The number of alkyl halides is 1. The van der Waals surface area contributed by atoms with Crippen LogP contribution in [-0.2, 0) is 16.1 Å². The van der Waals surface area contributed by atoms with Gasteiger partial charge in [-0.25, -0.2) is 4.68 Å². The zero-order valence-electron chi connectivity index (χ0n) is 15.2. The van der Waals surface area contributed by atoms with E-state index >= 15 is 0 Å². The average molecular weight is 398 g/mol. The Morgan fingerprint density at radius 3 is 2.61 bits per heavy atom. The first-order valence-electron chi connectivity index (χ1n) is 9.12. The number of para-hydroxylation sites is 1. The number of halogens is 1. The number of hydrogen-bond acceptors (Lipinski definition) is 4. The number of nitrogens with one attached hydrogen (secondary N) is 1. The van der Waals surface area contributed by atoms with Crippen LogP contribution in [0.3, 0.4) is 0 Å². The molecule has 1 saturated heterocycles. The molecule has 3 aromatic rings. The Hall–Kier alpha value is -2.93. The first-order valence-corrected chi connectivity index (χ1v) is 9.65. The van der Waals surface area contributed by atoms with Crippen LogP contribution in [0, 0.1) is 0 Å². The summed E-state index contributed by atoms with van der Waals surface area (Å²) >= 11 is 5.66. The standard InChI is InChI=1S/C20H20ClN5O2/c21-10-19(27)22-17-12-25(11-15(17)14-6-2-1-3-7-14)20(28)13-26-18-9-5-4-8-16(18)23-24-26/h1-9,15,17H,10-13H2,(H,22,27)/t15-,17+/m0/s1. The Bertz CT molecular complexity index is 990. The minimum atomic E-state index is -0.232. The number of fused-ring (bicyclic) bond motifs is 1. The van der Waals surface area contributed by atoms with Gasteiger partial charge in [-0.3, -0.25) is 9.59 Å². The number of likely N-dealkylation sites (tertiary alicyclic amines) is 1. The molecular weight excluding hydrogens is 378 g/mol. The summed E-state index contributed by atoms with van der Waals surface area (Å²) in [5.41, 5.74) is 2.66. The van der Waals surface area contributed by atoms with Crippen molar-refractivity contribution < 1.29 is 9.59 Å². The first-order chi connectivity index (χ1) is 13.7. The lowest BCUT2D eigenvalue weighted by Gasteiger charge is -2.19. The van der Waals surface area contributed by atoms with Crippen LogP contribution in [0.25, 0.3) is 11.0 Å². The predicted octanol–water partition coefficient (Wildman–Crippen LogP) is 1.78. The smallest absolute Gasteiger partial charge is 0.244 e. The minimum Gasteiger partial charge on any atom is -0.350 e. The van der Waals surface area contributed by atoms with Gasteiger partial charge in [0.25, 0.3) is 0 Å². The van der Waals surface area contributed by atoms with Crippen molar-refractivity contribution in [1.82, 2.24) is 25.2 Å². The van der Waals surface area contributed by atoms with E-state index in [4.69, 9.17) is 11.6 Å². The van der Waals surface area contributed by atoms with Crippen LogP contribution in [0.15, 0.2) is 54.6 Å². The summed E-state index contributed by atoms with van der Waals surface area (Å²) < 4.78 is 1.61. The number of benzene rings is 2. The van der Waals surface area contributed by atoms with Gasteiger partial charge in [-0.2, -0.15) is 0 Å². The summed E-state index contributed by atoms with van der Waals surface area (Å²) in [4.78, 5) is 26.6. The third-order valence-electron chi connectivity index (χ3n) is 5.07. The maximum Gasteiger partial charge on any atom is 0.244 e. The second-order valence-corrected chi connectivity index (χ2v) is 7.13. The third kappa shape index (κ3) is 3.71. The molecule has 0 spiro atoms. The second kappa shape index (κ2) is 7.98. The number of hydrogen-bond donors (Lipinski definition) is 1. The maximum atomic E-state index is 12.9. The molecular formula is C20H20ClN5O2. The predicted molar refractivity (Wildman–Crippen MR) is 106 cm³/mol. The normalized spacial score (nSPS) is 19.1. The molecule has 0 unspecified atom stereocenters. The second-order valence-electron chi connectivity index (χ2n) is 6.86. The van der Waals surface area contributed by atoms with Crippen LogP contribution < -0.4 is 5.32 Å². The zero-order valence-corrected chi connectivity index (χ0v) is 15.9. The highest BCUT2D eigenvalue weighted by Crippen LogP contribution is 2.28. The molecule has 1 N–H and O–H groups in total. The zero-order chi connectivity index (χ0) is 19.5. The summed E-state index contributed by atoms with van der Waals surface area (Å²) in [5, 5.41) is 11.1. The van der Waals surface area contributed by atoms with E-state index in [2.05, 4.69) is 15.6 Å². The van der Waals surface area contributed by atoms with Gasteiger partial charge in [0, 0.05) is 19.0 Å². The molecule has 1 fully saturated rings. The fourth-order valence-corrected chi connectivity index (χ4v) is 3.78. The lowest BCUT2D eigenvalue weighted by atomic mass is 9.94. The fraction of sp³-hybridized carbons (Fsp3) is 0.300. The Labute approximate surface area is 167 Å². The van der Waals surface area contributed by atoms with Crippen molar-refractivity contribution in [2.45, 2.75) is 18.5 Å². The molecule has 2 atom stereocenters. The van der Waals surface area contributed by atoms with Gasteiger partial charge in [-0.1, -0.05) is 47.7 Å². The van der Waals surface area contributed by atoms with Gasteiger partial charge in [0.15, 0.2) is 0 Å². The molecule has 2 heterocycles. The lowest BCUT2D eigenvalue weighted by molar-refractivity contribution is -0.131. The highest BCUT2D eigenvalue weighted by Gasteiger charge is 2.37. The Morgan fingerprint density at radius 2 is 1.82 bits per heavy atom. The number of amides is 2. The molecule has 8 heteroatoms. The first kappa shape index (κ1) is 18.4. The van der Waals surface area contributed by atoms with Crippen LogP contribution in [0.2, 0.25) is 0 Å². The van der Waals surface area contributed by atoms with Gasteiger partial charge in [0.05, 0.1) is 11.6 Å². The van der Waals surface area contributed by atoms with Crippen LogP contribution in [0.4, 0.5) is 0 Å². The summed E-state index contributed by atoms with van der Waals surface area (Å²) in [7, 11) is 0. The number of rotatable bonds is 5. The molecule has 2 aromatic carbocycles. The van der Waals surface area contributed by atoms with Crippen LogP contribution in [0.5, 0.6) is 0 Å². The van der Waals surface area contributed by atoms with Crippen molar-refractivity contribution in [3.05, 3.63) is 60.2 Å². The summed E-state index contributed by atoms with van der Waals surface area (Å²) in [6.45, 7) is 1.08. The van der Waals surface area contributed by atoms with Gasteiger partial charge in [0.1, 0.15) is 17.9 Å². The summed E-state index contributed by atoms with van der Waals surface area (Å²) in [5.74, 6) is -0.370. The van der Waals surface area contributed by atoms with E-state index in [0.717, 1.165) is 16.6 Å². The van der Waals surface area contributed by atoms with E-state index in [-0.39, 0.29) is 36.2 Å². The Balaban J connectivity index is 1.52. The number of carbonyl (C=O) groups excluding carboxylic acids is 2. The topological polar surface area (TPSA) is 80.1 Å². The average Bonchev–Trinajstić information content (AvgIpc) is 3.33. The number of nitrogens with zero attached hydrogens (tertiary/aromatic N) is 4. The van der Waals surface area contributed by atoms with Crippen molar-refractivity contribution in [1.29, 1.82) is 0 Å². The highest BCUT2D eigenvalue weighted by molar-refractivity contribution is 6.27. The molecule has 144 valence electrons. The van der Waals surface area contributed by atoms with Gasteiger partial charge < -0.3 is 10.2 Å². The van der Waals surface area contributed by atoms with E-state index in [1.165, 1.54) is 0 Å². The van der Waals surface area contributed by atoms with Gasteiger partial charge in [0.2, 0.25) is 11.8 Å². The summed E-state index contributed by atoms with van der Waals surface area (Å²) in [6.07, 6.45) is 0. The molecule has 4 rings (SSSR count). The van der Waals surface area contributed by atoms with Crippen molar-refractivity contribution >= 4 is 34.4 Å². The van der Waals surface area contributed by atoms with E-state index < -0.39 is 0 Å². The molecule has 2 amide bonds. The Morgan fingerprint density at radius 1 is 1.07 bits per heavy atom. The monoisotopic (exact) mass is 397 g/mol. The molecule has 0 aliphatic carbocycles. The quantitative estimate of drug-likeness (QED) is 0.665. The molecule has 0 bridgehead atoms. The summed E-state index contributed by atoms with van der Waals surface area (Å²) in [6, 6.07) is 17.3. The van der Waals surface area contributed by atoms with Crippen LogP contribution >= 0.6 is 11.6 Å². The van der Waals surface area contributed by atoms with Crippen LogP contribution in [-0.4, -0.2) is 56.7 Å². The largest absolute Gasteiger partial charge is 0.350 e. The van der Waals surface area contributed by atoms with Gasteiger partial charge in [-0.15, -0.1) is 16.7 Å². The molecule has 28 heavy (non-hydrogen) atoms. The van der Waals surface area contributed by atoms with E-state index in [1.54, 1.807) is 9.58 Å². The van der Waals surface area contributed by atoms with Crippen LogP contribution in [0.1, 0.15) is 11.5 Å². The molecule has 1 aromatic heterocycles. The highest BCUT2D eigenvalue weighted by atomic mass is 35.5. The third-order valence-corrected chi connectivity index (χ3v) is 5.32. The van der Waals surface area contributed by atoms with Gasteiger partial charge >= 0.3 is 0 Å².